The lowest BCUT2D eigenvalue weighted by molar-refractivity contribution is 0.0976. The van der Waals surface area contributed by atoms with Crippen LogP contribution in [0.3, 0.4) is 0 Å². The van der Waals surface area contributed by atoms with E-state index in [1.807, 2.05) is 91.0 Å². The van der Waals surface area contributed by atoms with Crippen molar-refractivity contribution in [2.75, 3.05) is 28.4 Å². The maximum absolute atomic E-state index is 12.9. The van der Waals surface area contributed by atoms with Crippen molar-refractivity contribution in [3.63, 3.8) is 0 Å². The van der Waals surface area contributed by atoms with Gasteiger partial charge in [-0.05, 0) is 77.2 Å². The van der Waals surface area contributed by atoms with Gasteiger partial charge < -0.3 is 18.9 Å². The Balaban J connectivity index is 0.000000606. The maximum Gasteiger partial charge on any atom is 0.166 e. The van der Waals surface area contributed by atoms with Crippen LogP contribution in [0, 0.1) is 0 Å². The molecule has 0 amide bonds. The summed E-state index contributed by atoms with van der Waals surface area (Å²) in [6, 6.07) is 29.8. The van der Waals surface area contributed by atoms with Gasteiger partial charge in [-0.1, -0.05) is 134 Å². The van der Waals surface area contributed by atoms with Gasteiger partial charge in [0.1, 0.15) is 23.0 Å². The van der Waals surface area contributed by atoms with Gasteiger partial charge in [-0.2, -0.15) is 0 Å². The number of Topliss-reactive ketones (excluding diaryl/α,β-unsaturated/α-hetero) is 1. The van der Waals surface area contributed by atoms with Gasteiger partial charge in [-0.25, -0.2) is 0 Å². The zero-order valence-corrected chi connectivity index (χ0v) is 31.2. The number of carbonyl (C=O) groups is 1. The number of methoxy groups -OCH3 is 4. The summed E-state index contributed by atoms with van der Waals surface area (Å²) in [5, 5.41) is 0. The zero-order valence-electron chi connectivity index (χ0n) is 31.2. The summed E-state index contributed by atoms with van der Waals surface area (Å²) in [5.41, 5.74) is 5.11. The molecule has 0 aromatic heterocycles. The van der Waals surface area contributed by atoms with Gasteiger partial charge in [0.2, 0.25) is 0 Å². The van der Waals surface area contributed by atoms with Crippen LogP contribution < -0.4 is 18.9 Å². The minimum Gasteiger partial charge on any atom is -0.497 e. The summed E-state index contributed by atoms with van der Waals surface area (Å²) in [5.74, 6) is 3.40. The molecule has 0 fully saturated rings. The molecule has 0 saturated heterocycles. The third-order valence-corrected chi connectivity index (χ3v) is 8.94. The van der Waals surface area contributed by atoms with Gasteiger partial charge in [0.15, 0.2) is 5.78 Å². The monoisotopic (exact) mass is 693 g/mol. The van der Waals surface area contributed by atoms with Crippen molar-refractivity contribution < 1.29 is 23.7 Å². The topological polar surface area (TPSA) is 54.0 Å². The Morgan fingerprint density at radius 1 is 0.451 bits per heavy atom. The second-order valence-electron chi connectivity index (χ2n) is 12.5. The number of hydrogen-bond donors (Lipinski definition) is 0. The molecule has 275 valence electrons. The molecule has 0 spiro atoms. The fourth-order valence-electron chi connectivity index (χ4n) is 5.89. The number of hydrogen-bond acceptors (Lipinski definition) is 5. The number of ketones is 1. The lowest BCUT2D eigenvalue weighted by atomic mass is 9.97. The van der Waals surface area contributed by atoms with Crippen molar-refractivity contribution in [2.24, 2.45) is 0 Å². The highest BCUT2D eigenvalue weighted by Crippen LogP contribution is 2.29. The van der Waals surface area contributed by atoms with Crippen LogP contribution >= 0.6 is 0 Å². The van der Waals surface area contributed by atoms with Crippen LogP contribution in [0.15, 0.2) is 91.0 Å². The van der Waals surface area contributed by atoms with Gasteiger partial charge in [0.25, 0.3) is 0 Å². The zero-order chi connectivity index (χ0) is 35.1. The van der Waals surface area contributed by atoms with Crippen LogP contribution in [0.1, 0.15) is 115 Å². The Labute approximate surface area is 311 Å². The van der Waals surface area contributed by atoms with Crippen molar-refractivity contribution >= 4 is 14.2 Å². The molecule has 0 N–H and O–H groups in total. The molecule has 4 aromatic carbocycles. The Kier molecular flexibility index (Phi) is 23.4. The maximum atomic E-state index is 12.9. The van der Waals surface area contributed by atoms with Crippen LogP contribution in [0.2, 0.25) is 0 Å². The molecular weight excluding hydrogens is 631 g/mol. The first-order valence-electron chi connectivity index (χ1n) is 18.2. The second kappa shape index (κ2) is 26.6. The van der Waals surface area contributed by atoms with Gasteiger partial charge in [0, 0.05) is 14.8 Å². The number of unbranched alkanes of at least 4 members (excludes halogenated alkanes) is 12. The highest BCUT2D eigenvalue weighted by Gasteiger charge is 2.14. The first kappa shape index (κ1) is 44.8. The van der Waals surface area contributed by atoms with Crippen molar-refractivity contribution in [2.45, 2.75) is 104 Å². The van der Waals surface area contributed by atoms with E-state index in [9.17, 15) is 4.79 Å². The molecule has 6 heteroatoms. The van der Waals surface area contributed by atoms with E-state index in [0.29, 0.717) is 17.7 Å². The van der Waals surface area contributed by atoms with Crippen LogP contribution in [0.5, 0.6) is 23.0 Å². The van der Waals surface area contributed by atoms with Gasteiger partial charge in [-0.15, -0.1) is 0 Å². The molecule has 51 heavy (non-hydrogen) atoms. The normalized spacial score (nSPS) is 10.1. The van der Waals surface area contributed by atoms with Gasteiger partial charge in [0.05, 0.1) is 34.0 Å². The molecular formula is C45H62BO5. The van der Waals surface area contributed by atoms with Crippen molar-refractivity contribution in [1.82, 2.24) is 0 Å². The Hall–Kier alpha value is -4.19. The molecule has 0 bridgehead atoms. The number of rotatable bonds is 21. The summed E-state index contributed by atoms with van der Waals surface area (Å²) in [6.07, 6.45) is 17.6. The summed E-state index contributed by atoms with van der Waals surface area (Å²) in [6.45, 7) is 2.27. The third kappa shape index (κ3) is 16.1. The van der Waals surface area contributed by atoms with E-state index in [-0.39, 0.29) is 21.6 Å². The Bertz CT molecular complexity index is 1420. The summed E-state index contributed by atoms with van der Waals surface area (Å²) in [4.78, 5) is 12.9. The standard InChI is InChI=1S/C30H44O3.C14H14O2.CH4.B/c1-4-5-6-7-8-9-10-11-12-13-14-15-16-17-29(31)28-24-26(20-23-30(28)33-3)25-18-21-27(32-2)22-19-25;1-15-13-7-3-11(4-8-13)12-5-9-14(16-2)10-6-12;;/h18-24H,4-17H2,1-3H3;3-10H,1-2H3;1H4;. The van der Waals surface area contributed by atoms with E-state index < -0.39 is 0 Å². The fourth-order valence-corrected chi connectivity index (χ4v) is 5.89. The molecule has 0 unspecified atom stereocenters. The first-order chi connectivity index (χ1) is 24.0. The van der Waals surface area contributed by atoms with E-state index in [0.717, 1.165) is 41.2 Å². The third-order valence-electron chi connectivity index (χ3n) is 8.94. The van der Waals surface area contributed by atoms with E-state index in [2.05, 4.69) is 6.92 Å². The molecule has 5 nitrogen and oxygen atoms in total. The molecule has 4 aromatic rings. The average molecular weight is 694 g/mol. The number of ether oxygens (including phenoxy) is 4. The molecule has 0 aliphatic heterocycles. The Morgan fingerprint density at radius 3 is 1.14 bits per heavy atom. The molecule has 0 saturated carbocycles. The van der Waals surface area contributed by atoms with Crippen molar-refractivity contribution in [3.8, 4) is 45.3 Å². The smallest absolute Gasteiger partial charge is 0.166 e. The first-order valence-corrected chi connectivity index (χ1v) is 18.2. The van der Waals surface area contributed by atoms with Crippen molar-refractivity contribution in [1.29, 1.82) is 0 Å². The lowest BCUT2D eigenvalue weighted by Gasteiger charge is -2.11. The van der Waals surface area contributed by atoms with Gasteiger partial charge in [-0.3, -0.25) is 4.79 Å². The molecule has 3 radical (unpaired) electrons. The second-order valence-corrected chi connectivity index (χ2v) is 12.5. The minimum absolute atomic E-state index is 0. The number of carbonyl (C=O) groups excluding carboxylic acids is 1. The SMILES string of the molecule is C.CCCCCCCCCCCCCCCC(=O)c1cc(-c2ccc(OC)cc2)ccc1OC.COc1ccc(-c2ccc(OC)cc2)cc1.[B]. The molecule has 0 atom stereocenters. The van der Waals surface area contributed by atoms with E-state index >= 15 is 0 Å². The summed E-state index contributed by atoms with van der Waals surface area (Å²) >= 11 is 0. The van der Waals surface area contributed by atoms with Crippen LogP contribution in [-0.4, -0.2) is 42.6 Å². The fraction of sp³-hybridized carbons (Fsp3) is 0.444. The molecule has 4 rings (SSSR count). The number of benzene rings is 4. The highest BCUT2D eigenvalue weighted by atomic mass is 16.5. The average Bonchev–Trinajstić information content (AvgIpc) is 3.16. The summed E-state index contributed by atoms with van der Waals surface area (Å²) in [7, 11) is 6.63. The minimum atomic E-state index is 0. The molecule has 0 heterocycles. The lowest BCUT2D eigenvalue weighted by Crippen LogP contribution is -2.03. The van der Waals surface area contributed by atoms with Crippen molar-refractivity contribution in [3.05, 3.63) is 96.6 Å². The molecule has 0 aliphatic rings. The van der Waals surface area contributed by atoms with E-state index in [1.165, 1.54) is 81.8 Å². The largest absolute Gasteiger partial charge is 0.497 e. The van der Waals surface area contributed by atoms with E-state index in [1.54, 1.807) is 28.4 Å². The predicted molar refractivity (Wildman–Crippen MR) is 217 cm³/mol. The van der Waals surface area contributed by atoms with Crippen LogP contribution in [0.25, 0.3) is 22.3 Å². The van der Waals surface area contributed by atoms with Gasteiger partial charge >= 0.3 is 0 Å². The van der Waals surface area contributed by atoms with Crippen LogP contribution in [0.4, 0.5) is 0 Å². The Morgan fingerprint density at radius 2 is 0.784 bits per heavy atom. The van der Waals surface area contributed by atoms with Crippen LogP contribution in [-0.2, 0) is 0 Å². The summed E-state index contributed by atoms with van der Waals surface area (Å²) < 4.78 is 21.0. The quantitative estimate of drug-likeness (QED) is 0.0494. The predicted octanol–water partition coefficient (Wildman–Crippen LogP) is 12.7. The highest BCUT2D eigenvalue weighted by molar-refractivity contribution is 5.99. The van der Waals surface area contributed by atoms with E-state index in [4.69, 9.17) is 18.9 Å². The molecule has 0 aliphatic carbocycles.